The molecule has 0 unspecified atom stereocenters. The molecule has 0 fully saturated rings. The molecule has 0 saturated carbocycles. The number of anilines is 1. The van der Waals surface area contributed by atoms with E-state index in [0.717, 1.165) is 43.0 Å². The van der Waals surface area contributed by atoms with Gasteiger partial charge in [-0.25, -0.2) is 4.98 Å². The van der Waals surface area contributed by atoms with Gasteiger partial charge in [-0.05, 0) is 12.3 Å². The first-order valence-corrected chi connectivity index (χ1v) is 8.55. The summed E-state index contributed by atoms with van der Waals surface area (Å²) in [5, 5.41) is 9.63. The molecule has 1 aromatic rings. The lowest BCUT2D eigenvalue weighted by atomic mass is 10.2. The van der Waals surface area contributed by atoms with Crippen molar-refractivity contribution in [2.24, 2.45) is 10.9 Å². The van der Waals surface area contributed by atoms with E-state index in [0.29, 0.717) is 12.5 Å². The first-order chi connectivity index (χ1) is 10.5. The highest BCUT2D eigenvalue weighted by atomic mass is 127. The van der Waals surface area contributed by atoms with Gasteiger partial charge in [-0.3, -0.25) is 4.99 Å². The zero-order valence-electron chi connectivity index (χ0n) is 14.8. The van der Waals surface area contributed by atoms with Crippen LogP contribution in [0, 0.1) is 5.92 Å². The van der Waals surface area contributed by atoms with Crippen molar-refractivity contribution in [1.29, 1.82) is 0 Å². The van der Waals surface area contributed by atoms with Gasteiger partial charge in [-0.2, -0.15) is 0 Å². The molecule has 6 nitrogen and oxygen atoms in total. The van der Waals surface area contributed by atoms with E-state index < -0.39 is 0 Å². The Morgan fingerprint density at radius 3 is 2.70 bits per heavy atom. The third-order valence-electron chi connectivity index (χ3n) is 2.79. The standard InChI is InChI=1S/C15H29N5OS.HI/c1-12(2)10-21-8-6-7-17-14(16-3)18-9-13-11-22-15(19-13)20(4)5;/h11-12H,6-10H2,1-5H3,(H2,16,17,18);1H. The Hall–Kier alpha value is -0.610. The summed E-state index contributed by atoms with van der Waals surface area (Å²) >= 11 is 1.64. The number of guanidine groups is 1. The van der Waals surface area contributed by atoms with E-state index in [9.17, 15) is 0 Å². The van der Waals surface area contributed by atoms with Crippen LogP contribution < -0.4 is 15.5 Å². The Morgan fingerprint density at radius 2 is 2.13 bits per heavy atom. The van der Waals surface area contributed by atoms with Gasteiger partial charge in [0.2, 0.25) is 0 Å². The average Bonchev–Trinajstić information content (AvgIpc) is 2.94. The Bertz CT molecular complexity index is 451. The van der Waals surface area contributed by atoms with Gasteiger partial charge >= 0.3 is 0 Å². The number of aliphatic imine (C=N–C) groups is 1. The van der Waals surface area contributed by atoms with Crippen molar-refractivity contribution >= 4 is 46.4 Å². The maximum absolute atomic E-state index is 5.55. The lowest BCUT2D eigenvalue weighted by molar-refractivity contribution is 0.108. The van der Waals surface area contributed by atoms with E-state index in [1.165, 1.54) is 0 Å². The molecule has 0 spiro atoms. The average molecular weight is 455 g/mol. The minimum Gasteiger partial charge on any atom is -0.381 e. The van der Waals surface area contributed by atoms with Crippen LogP contribution in [0.15, 0.2) is 10.4 Å². The summed E-state index contributed by atoms with van der Waals surface area (Å²) in [5.41, 5.74) is 1.02. The normalized spacial score (nSPS) is 11.3. The predicted molar refractivity (Wildman–Crippen MR) is 110 cm³/mol. The zero-order valence-corrected chi connectivity index (χ0v) is 17.9. The van der Waals surface area contributed by atoms with Crippen LogP contribution in [0.5, 0.6) is 0 Å². The molecule has 134 valence electrons. The fourth-order valence-electron chi connectivity index (χ4n) is 1.68. The van der Waals surface area contributed by atoms with Gasteiger partial charge < -0.3 is 20.3 Å². The minimum absolute atomic E-state index is 0. The van der Waals surface area contributed by atoms with Gasteiger partial charge in [0.05, 0.1) is 12.2 Å². The molecule has 0 aromatic carbocycles. The van der Waals surface area contributed by atoms with E-state index in [4.69, 9.17) is 4.74 Å². The maximum atomic E-state index is 5.55. The molecule has 0 aliphatic rings. The molecular formula is C15H30IN5OS. The third kappa shape index (κ3) is 9.98. The molecule has 0 radical (unpaired) electrons. The molecule has 0 aliphatic carbocycles. The maximum Gasteiger partial charge on any atom is 0.191 e. The Balaban J connectivity index is 0.00000484. The zero-order chi connectivity index (χ0) is 16.4. The molecule has 1 aromatic heterocycles. The summed E-state index contributed by atoms with van der Waals surface area (Å²) in [6.45, 7) is 7.44. The first-order valence-electron chi connectivity index (χ1n) is 7.67. The van der Waals surface area contributed by atoms with Gasteiger partial charge in [0.15, 0.2) is 11.1 Å². The van der Waals surface area contributed by atoms with Gasteiger partial charge in [-0.15, -0.1) is 35.3 Å². The molecule has 1 heterocycles. The molecule has 0 saturated heterocycles. The summed E-state index contributed by atoms with van der Waals surface area (Å²) in [5.74, 6) is 1.39. The van der Waals surface area contributed by atoms with Crippen LogP contribution in [0.4, 0.5) is 5.13 Å². The van der Waals surface area contributed by atoms with E-state index in [1.54, 1.807) is 18.4 Å². The predicted octanol–water partition coefficient (Wildman–Crippen LogP) is 2.55. The van der Waals surface area contributed by atoms with Crippen molar-refractivity contribution in [3.05, 3.63) is 11.1 Å². The lowest BCUT2D eigenvalue weighted by Gasteiger charge is -2.11. The Morgan fingerprint density at radius 1 is 1.39 bits per heavy atom. The van der Waals surface area contributed by atoms with E-state index in [2.05, 4.69) is 39.8 Å². The summed E-state index contributed by atoms with van der Waals surface area (Å²) in [6.07, 6.45) is 0.967. The van der Waals surface area contributed by atoms with Crippen LogP contribution in [0.3, 0.4) is 0 Å². The molecule has 0 atom stereocenters. The molecular weight excluding hydrogens is 425 g/mol. The van der Waals surface area contributed by atoms with Crippen LogP contribution in [0.2, 0.25) is 0 Å². The number of nitrogens with zero attached hydrogens (tertiary/aromatic N) is 3. The quantitative estimate of drug-likeness (QED) is 0.260. The third-order valence-corrected chi connectivity index (χ3v) is 3.85. The fraction of sp³-hybridized carbons (Fsp3) is 0.733. The van der Waals surface area contributed by atoms with Gasteiger partial charge in [-0.1, -0.05) is 13.8 Å². The SMILES string of the molecule is CN=C(NCCCOCC(C)C)NCc1csc(N(C)C)n1.I. The molecule has 0 amide bonds. The summed E-state index contributed by atoms with van der Waals surface area (Å²) < 4.78 is 5.55. The van der Waals surface area contributed by atoms with E-state index in [-0.39, 0.29) is 24.0 Å². The Labute approximate surface area is 161 Å². The van der Waals surface area contributed by atoms with Crippen LogP contribution >= 0.6 is 35.3 Å². The molecule has 23 heavy (non-hydrogen) atoms. The fourth-order valence-corrected chi connectivity index (χ4v) is 2.44. The van der Waals surface area contributed by atoms with Crippen molar-refractivity contribution in [3.63, 3.8) is 0 Å². The second-order valence-electron chi connectivity index (χ2n) is 5.69. The number of hydrogen-bond acceptors (Lipinski definition) is 5. The monoisotopic (exact) mass is 455 g/mol. The van der Waals surface area contributed by atoms with Crippen molar-refractivity contribution < 1.29 is 4.74 Å². The summed E-state index contributed by atoms with van der Waals surface area (Å²) in [7, 11) is 5.77. The molecule has 0 bridgehead atoms. The number of hydrogen-bond donors (Lipinski definition) is 2. The number of nitrogens with one attached hydrogen (secondary N) is 2. The van der Waals surface area contributed by atoms with Crippen LogP contribution in [-0.4, -0.2) is 51.8 Å². The molecule has 0 aliphatic heterocycles. The van der Waals surface area contributed by atoms with Crippen molar-refractivity contribution in [1.82, 2.24) is 15.6 Å². The number of halogens is 1. The highest BCUT2D eigenvalue weighted by Crippen LogP contribution is 2.17. The number of aromatic nitrogens is 1. The topological polar surface area (TPSA) is 61.8 Å². The van der Waals surface area contributed by atoms with Gasteiger partial charge in [0.1, 0.15) is 0 Å². The minimum atomic E-state index is 0. The molecule has 8 heteroatoms. The second-order valence-corrected chi connectivity index (χ2v) is 6.53. The highest BCUT2D eigenvalue weighted by molar-refractivity contribution is 14.0. The second kappa shape index (κ2) is 12.8. The lowest BCUT2D eigenvalue weighted by Crippen LogP contribution is -2.37. The number of ether oxygens (including phenoxy) is 1. The van der Waals surface area contributed by atoms with E-state index in [1.807, 2.05) is 19.0 Å². The van der Waals surface area contributed by atoms with Gasteiger partial charge in [0, 0.05) is 46.3 Å². The van der Waals surface area contributed by atoms with E-state index >= 15 is 0 Å². The summed E-state index contributed by atoms with van der Waals surface area (Å²) in [6, 6.07) is 0. The number of rotatable bonds is 9. The molecule has 2 N–H and O–H groups in total. The highest BCUT2D eigenvalue weighted by Gasteiger charge is 2.04. The smallest absolute Gasteiger partial charge is 0.191 e. The first kappa shape index (κ1) is 22.4. The molecule has 1 rings (SSSR count). The van der Waals surface area contributed by atoms with Crippen molar-refractivity contribution in [3.8, 4) is 0 Å². The van der Waals surface area contributed by atoms with Crippen LogP contribution in [-0.2, 0) is 11.3 Å². The van der Waals surface area contributed by atoms with Gasteiger partial charge in [0.25, 0.3) is 0 Å². The Kier molecular flexibility index (Phi) is 12.4. The van der Waals surface area contributed by atoms with Crippen LogP contribution in [0.1, 0.15) is 26.0 Å². The van der Waals surface area contributed by atoms with Crippen molar-refractivity contribution in [2.45, 2.75) is 26.8 Å². The summed E-state index contributed by atoms with van der Waals surface area (Å²) in [4.78, 5) is 10.8. The number of thiazole rings is 1. The largest absolute Gasteiger partial charge is 0.381 e. The van der Waals surface area contributed by atoms with Crippen molar-refractivity contribution in [2.75, 3.05) is 45.8 Å². The van der Waals surface area contributed by atoms with Crippen LogP contribution in [0.25, 0.3) is 0 Å².